The van der Waals surface area contributed by atoms with E-state index >= 15 is 0 Å². The molecule has 0 unspecified atom stereocenters. The first-order valence-electron chi connectivity index (χ1n) is 5.97. The van der Waals surface area contributed by atoms with Crippen molar-refractivity contribution in [3.8, 4) is 0 Å². The van der Waals surface area contributed by atoms with Crippen LogP contribution >= 0.6 is 11.3 Å². The third-order valence-corrected chi connectivity index (χ3v) is 3.66. The molecule has 0 bridgehead atoms. The van der Waals surface area contributed by atoms with Crippen LogP contribution in [0, 0.1) is 6.92 Å². The van der Waals surface area contributed by atoms with Crippen LogP contribution in [0.4, 0.5) is 0 Å². The van der Waals surface area contributed by atoms with Gasteiger partial charge in [-0.05, 0) is 18.9 Å². The highest BCUT2D eigenvalue weighted by molar-refractivity contribution is 7.09. The molecule has 17 heavy (non-hydrogen) atoms. The molecule has 90 valence electrons. The Morgan fingerprint density at radius 3 is 2.88 bits per heavy atom. The lowest BCUT2D eigenvalue weighted by atomic mass is 10.1. The zero-order valence-electron chi connectivity index (χ0n) is 10.4. The van der Waals surface area contributed by atoms with Gasteiger partial charge in [0, 0.05) is 18.5 Å². The van der Waals surface area contributed by atoms with Crippen LogP contribution in [0.1, 0.15) is 28.8 Å². The van der Waals surface area contributed by atoms with Gasteiger partial charge in [-0.1, -0.05) is 36.8 Å². The topological polar surface area (TPSA) is 24.9 Å². The van der Waals surface area contributed by atoms with Crippen LogP contribution in [0.2, 0.25) is 0 Å². The zero-order valence-corrected chi connectivity index (χ0v) is 11.2. The second kappa shape index (κ2) is 5.94. The van der Waals surface area contributed by atoms with E-state index < -0.39 is 0 Å². The fourth-order valence-electron chi connectivity index (χ4n) is 1.75. The van der Waals surface area contributed by atoms with E-state index in [4.69, 9.17) is 0 Å². The number of benzene rings is 1. The van der Waals surface area contributed by atoms with Crippen molar-refractivity contribution in [1.82, 2.24) is 10.3 Å². The maximum absolute atomic E-state index is 4.53. The smallest absolute Gasteiger partial charge is 0.0926 e. The van der Waals surface area contributed by atoms with E-state index in [-0.39, 0.29) is 0 Å². The van der Waals surface area contributed by atoms with Crippen molar-refractivity contribution in [3.63, 3.8) is 0 Å². The minimum atomic E-state index is 0.852. The van der Waals surface area contributed by atoms with Crippen LogP contribution in [0.25, 0.3) is 0 Å². The number of hydrogen-bond acceptors (Lipinski definition) is 3. The summed E-state index contributed by atoms with van der Waals surface area (Å²) >= 11 is 1.75. The molecule has 3 heteroatoms. The molecular formula is C14H18N2S. The molecule has 1 aromatic heterocycles. The van der Waals surface area contributed by atoms with Crippen LogP contribution in [0.15, 0.2) is 29.6 Å². The predicted octanol–water partition coefficient (Wildman–Crippen LogP) is 3.30. The number of aromatic nitrogens is 1. The van der Waals surface area contributed by atoms with Gasteiger partial charge in [-0.3, -0.25) is 0 Å². The zero-order chi connectivity index (χ0) is 12.1. The molecule has 0 aliphatic heterocycles. The van der Waals surface area contributed by atoms with Crippen LogP contribution in [-0.4, -0.2) is 4.98 Å². The Morgan fingerprint density at radius 1 is 1.29 bits per heavy atom. The molecule has 1 aromatic carbocycles. The van der Waals surface area contributed by atoms with Gasteiger partial charge in [0.25, 0.3) is 0 Å². The van der Waals surface area contributed by atoms with Gasteiger partial charge in [-0.2, -0.15) is 0 Å². The molecule has 0 atom stereocenters. The standard InChI is InChI=1S/C14H18N2S/c1-3-14-16-13(10-17-14)9-15-8-12-6-4-5-11(2)7-12/h4-7,10,15H,3,8-9H2,1-2H3. The molecule has 0 radical (unpaired) electrons. The largest absolute Gasteiger partial charge is 0.307 e. The van der Waals surface area contributed by atoms with E-state index in [0.717, 1.165) is 25.2 Å². The summed E-state index contributed by atoms with van der Waals surface area (Å²) < 4.78 is 0. The highest BCUT2D eigenvalue weighted by Gasteiger charge is 1.99. The second-order valence-electron chi connectivity index (χ2n) is 4.18. The van der Waals surface area contributed by atoms with E-state index in [1.165, 1.54) is 16.1 Å². The summed E-state index contributed by atoms with van der Waals surface area (Å²) in [5.74, 6) is 0. The van der Waals surface area contributed by atoms with Gasteiger partial charge in [-0.25, -0.2) is 4.98 Å². The Balaban J connectivity index is 1.83. The third kappa shape index (κ3) is 3.65. The van der Waals surface area contributed by atoms with E-state index in [0.29, 0.717) is 0 Å². The van der Waals surface area contributed by atoms with Crippen LogP contribution in [0.5, 0.6) is 0 Å². The minimum Gasteiger partial charge on any atom is -0.307 e. The lowest BCUT2D eigenvalue weighted by Gasteiger charge is -2.03. The Bertz CT molecular complexity index is 477. The van der Waals surface area contributed by atoms with Crippen LogP contribution in [-0.2, 0) is 19.5 Å². The maximum atomic E-state index is 4.53. The lowest BCUT2D eigenvalue weighted by Crippen LogP contribution is -2.13. The molecule has 0 aliphatic carbocycles. The Hall–Kier alpha value is -1.19. The summed E-state index contributed by atoms with van der Waals surface area (Å²) in [5.41, 5.74) is 3.79. The van der Waals surface area contributed by atoms with Gasteiger partial charge in [0.05, 0.1) is 10.7 Å². The van der Waals surface area contributed by atoms with E-state index in [1.807, 2.05) is 0 Å². The molecule has 1 N–H and O–H groups in total. The van der Waals surface area contributed by atoms with Crippen molar-refractivity contribution in [2.24, 2.45) is 0 Å². The van der Waals surface area contributed by atoms with Gasteiger partial charge >= 0.3 is 0 Å². The maximum Gasteiger partial charge on any atom is 0.0926 e. The lowest BCUT2D eigenvalue weighted by molar-refractivity contribution is 0.680. The molecule has 0 aliphatic rings. The number of rotatable bonds is 5. The third-order valence-electron chi connectivity index (χ3n) is 2.62. The second-order valence-corrected chi connectivity index (χ2v) is 5.12. The summed E-state index contributed by atoms with van der Waals surface area (Å²) in [6.45, 7) is 6.02. The fraction of sp³-hybridized carbons (Fsp3) is 0.357. The number of hydrogen-bond donors (Lipinski definition) is 1. The number of aryl methyl sites for hydroxylation is 2. The van der Waals surface area contributed by atoms with Crippen molar-refractivity contribution < 1.29 is 0 Å². The van der Waals surface area contributed by atoms with Crippen molar-refractivity contribution in [3.05, 3.63) is 51.5 Å². The molecule has 2 rings (SSSR count). The van der Waals surface area contributed by atoms with E-state index in [9.17, 15) is 0 Å². The quantitative estimate of drug-likeness (QED) is 0.875. The molecule has 0 spiro atoms. The van der Waals surface area contributed by atoms with E-state index in [1.54, 1.807) is 11.3 Å². The van der Waals surface area contributed by atoms with Gasteiger partial charge in [0.15, 0.2) is 0 Å². The first kappa shape index (κ1) is 12.3. The van der Waals surface area contributed by atoms with Crippen molar-refractivity contribution in [1.29, 1.82) is 0 Å². The van der Waals surface area contributed by atoms with Gasteiger partial charge in [0.2, 0.25) is 0 Å². The molecule has 1 heterocycles. The van der Waals surface area contributed by atoms with Crippen molar-refractivity contribution in [2.45, 2.75) is 33.4 Å². The predicted molar refractivity (Wildman–Crippen MR) is 73.2 cm³/mol. The summed E-state index contributed by atoms with van der Waals surface area (Å²) in [4.78, 5) is 4.53. The molecule has 0 saturated carbocycles. The normalized spacial score (nSPS) is 10.7. The number of nitrogens with one attached hydrogen (secondary N) is 1. The van der Waals surface area contributed by atoms with Crippen LogP contribution < -0.4 is 5.32 Å². The number of nitrogens with zero attached hydrogens (tertiary/aromatic N) is 1. The fourth-order valence-corrected chi connectivity index (χ4v) is 2.49. The van der Waals surface area contributed by atoms with Gasteiger partial charge in [-0.15, -0.1) is 11.3 Å². The Morgan fingerprint density at radius 2 is 2.18 bits per heavy atom. The Kier molecular flexibility index (Phi) is 4.29. The first-order chi connectivity index (χ1) is 8.28. The van der Waals surface area contributed by atoms with Gasteiger partial charge < -0.3 is 5.32 Å². The molecule has 2 aromatic rings. The van der Waals surface area contributed by atoms with Crippen LogP contribution in [0.3, 0.4) is 0 Å². The summed E-state index contributed by atoms with van der Waals surface area (Å²) in [5, 5.41) is 6.79. The van der Waals surface area contributed by atoms with Gasteiger partial charge in [0.1, 0.15) is 0 Å². The highest BCUT2D eigenvalue weighted by atomic mass is 32.1. The molecule has 0 saturated heterocycles. The number of thiazole rings is 1. The first-order valence-corrected chi connectivity index (χ1v) is 6.85. The average molecular weight is 246 g/mol. The molecule has 0 fully saturated rings. The monoisotopic (exact) mass is 246 g/mol. The highest BCUT2D eigenvalue weighted by Crippen LogP contribution is 2.10. The van der Waals surface area contributed by atoms with Crippen molar-refractivity contribution in [2.75, 3.05) is 0 Å². The average Bonchev–Trinajstić information content (AvgIpc) is 2.77. The SMILES string of the molecule is CCc1nc(CNCc2cccc(C)c2)cs1. The molecular weight excluding hydrogens is 228 g/mol. The summed E-state index contributed by atoms with van der Waals surface area (Å²) in [7, 11) is 0. The summed E-state index contributed by atoms with van der Waals surface area (Å²) in [6, 6.07) is 8.59. The molecule has 2 nitrogen and oxygen atoms in total. The van der Waals surface area contributed by atoms with E-state index in [2.05, 4.69) is 53.8 Å². The Labute approximate surface area is 107 Å². The summed E-state index contributed by atoms with van der Waals surface area (Å²) in [6.07, 6.45) is 1.03. The van der Waals surface area contributed by atoms with Crippen molar-refractivity contribution >= 4 is 11.3 Å². The minimum absolute atomic E-state index is 0.852. The molecule has 0 amide bonds.